The van der Waals surface area contributed by atoms with Gasteiger partial charge in [-0.3, -0.25) is 4.79 Å². The van der Waals surface area contributed by atoms with E-state index < -0.39 is 28.1 Å². The van der Waals surface area contributed by atoms with Gasteiger partial charge in [-0.2, -0.15) is 4.72 Å². The number of nitrogens with one attached hydrogen (secondary N) is 1. The van der Waals surface area contributed by atoms with Crippen molar-refractivity contribution in [3.05, 3.63) is 64.1 Å². The second-order valence-corrected chi connectivity index (χ2v) is 7.88. The lowest BCUT2D eigenvalue weighted by Crippen LogP contribution is -2.44. The Hall–Kier alpha value is -1.74. The number of aliphatic carboxylic acids is 1. The fourth-order valence-electron chi connectivity index (χ4n) is 2.05. The van der Waals surface area contributed by atoms with Crippen molar-refractivity contribution in [3.8, 4) is 0 Å². The second-order valence-electron chi connectivity index (χ2n) is 5.25. The first-order valence-corrected chi connectivity index (χ1v) is 9.23. The van der Waals surface area contributed by atoms with E-state index in [1.165, 1.54) is 24.3 Å². The number of carboxylic acid groups (broad SMARTS) is 1. The molecule has 2 rings (SSSR count). The molecule has 0 bridgehead atoms. The highest BCUT2D eigenvalue weighted by atomic mass is 79.9. The van der Waals surface area contributed by atoms with Gasteiger partial charge in [0.1, 0.15) is 12.1 Å². The van der Waals surface area contributed by atoms with Gasteiger partial charge in [-0.1, -0.05) is 45.8 Å². The molecule has 24 heavy (non-hydrogen) atoms. The minimum absolute atomic E-state index is 0.0673. The monoisotopic (exact) mass is 413 g/mol. The SMILES string of the molecule is Cc1ccc(S(=O)(=O)NC(C(=O)O)C(O)c2ccc(Br)cc2)cc1. The highest BCUT2D eigenvalue weighted by Gasteiger charge is 2.32. The molecule has 128 valence electrons. The van der Waals surface area contributed by atoms with E-state index in [9.17, 15) is 23.4 Å². The van der Waals surface area contributed by atoms with Crippen LogP contribution < -0.4 is 4.72 Å². The maximum absolute atomic E-state index is 12.4. The van der Waals surface area contributed by atoms with Gasteiger partial charge in [0.15, 0.2) is 0 Å². The van der Waals surface area contributed by atoms with E-state index in [0.29, 0.717) is 0 Å². The molecule has 2 aromatic rings. The van der Waals surface area contributed by atoms with E-state index in [-0.39, 0.29) is 10.5 Å². The summed E-state index contributed by atoms with van der Waals surface area (Å²) in [6, 6.07) is 10.6. The van der Waals surface area contributed by atoms with Gasteiger partial charge in [0, 0.05) is 4.47 Å². The first-order chi connectivity index (χ1) is 11.2. The minimum atomic E-state index is -4.08. The van der Waals surface area contributed by atoms with Gasteiger partial charge in [0.25, 0.3) is 0 Å². The Kier molecular flexibility index (Phi) is 5.76. The van der Waals surface area contributed by atoms with Gasteiger partial charge >= 0.3 is 5.97 Å². The van der Waals surface area contributed by atoms with E-state index in [1.807, 2.05) is 0 Å². The number of carboxylic acids is 1. The van der Waals surface area contributed by atoms with Crippen LogP contribution in [0.3, 0.4) is 0 Å². The Labute approximate surface area is 148 Å². The molecule has 0 saturated carbocycles. The molecule has 0 spiro atoms. The van der Waals surface area contributed by atoms with Crippen LogP contribution in [0, 0.1) is 6.92 Å². The number of rotatable bonds is 6. The van der Waals surface area contributed by atoms with E-state index in [4.69, 9.17) is 0 Å². The molecule has 0 aliphatic heterocycles. The molecule has 0 aliphatic carbocycles. The molecule has 2 atom stereocenters. The number of carbonyl (C=O) groups is 1. The summed E-state index contributed by atoms with van der Waals surface area (Å²) in [6.45, 7) is 1.81. The van der Waals surface area contributed by atoms with E-state index in [0.717, 1.165) is 10.0 Å². The molecule has 0 saturated heterocycles. The average Bonchev–Trinajstić information content (AvgIpc) is 2.53. The molecular formula is C16H16BrNO5S. The third-order valence-corrected chi connectivity index (χ3v) is 5.39. The molecule has 0 amide bonds. The zero-order chi connectivity index (χ0) is 17.9. The zero-order valence-corrected chi connectivity index (χ0v) is 15.1. The summed E-state index contributed by atoms with van der Waals surface area (Å²) in [4.78, 5) is 11.4. The van der Waals surface area contributed by atoms with E-state index in [2.05, 4.69) is 20.7 Å². The van der Waals surface area contributed by atoms with Gasteiger partial charge in [0.05, 0.1) is 4.90 Å². The lowest BCUT2D eigenvalue weighted by Gasteiger charge is -2.21. The molecule has 3 N–H and O–H groups in total. The van der Waals surface area contributed by atoms with Gasteiger partial charge in [-0.15, -0.1) is 0 Å². The van der Waals surface area contributed by atoms with Crippen molar-refractivity contribution in [1.82, 2.24) is 4.72 Å². The molecule has 0 fully saturated rings. The van der Waals surface area contributed by atoms with Crippen molar-refractivity contribution >= 4 is 31.9 Å². The van der Waals surface area contributed by atoms with Crippen LogP contribution in [0.2, 0.25) is 0 Å². The number of aryl methyl sites for hydroxylation is 1. The Morgan fingerprint density at radius 3 is 2.12 bits per heavy atom. The van der Waals surface area contributed by atoms with Crippen LogP contribution >= 0.6 is 15.9 Å². The highest BCUT2D eigenvalue weighted by molar-refractivity contribution is 9.10. The summed E-state index contributed by atoms with van der Waals surface area (Å²) in [7, 11) is -4.08. The largest absolute Gasteiger partial charge is 0.480 e. The Balaban J connectivity index is 2.29. The number of aliphatic hydroxyl groups is 1. The Morgan fingerprint density at radius 1 is 1.08 bits per heavy atom. The molecule has 2 aromatic carbocycles. The van der Waals surface area contributed by atoms with E-state index >= 15 is 0 Å². The molecule has 0 aliphatic rings. The summed E-state index contributed by atoms with van der Waals surface area (Å²) in [6.07, 6.45) is -1.53. The second kappa shape index (κ2) is 7.43. The zero-order valence-electron chi connectivity index (χ0n) is 12.7. The smallest absolute Gasteiger partial charge is 0.324 e. The van der Waals surface area contributed by atoms with Crippen molar-refractivity contribution < 1.29 is 23.4 Å². The first kappa shape index (κ1) is 18.6. The van der Waals surface area contributed by atoms with Crippen LogP contribution in [0.25, 0.3) is 0 Å². The molecule has 2 unspecified atom stereocenters. The summed E-state index contributed by atoms with van der Waals surface area (Å²) in [5.41, 5.74) is 1.16. The Bertz CT molecular complexity index is 819. The number of aliphatic hydroxyl groups excluding tert-OH is 1. The maximum Gasteiger partial charge on any atom is 0.324 e. The van der Waals surface area contributed by atoms with Crippen LogP contribution in [-0.4, -0.2) is 30.6 Å². The Morgan fingerprint density at radius 2 is 1.62 bits per heavy atom. The fourth-order valence-corrected chi connectivity index (χ4v) is 3.51. The first-order valence-electron chi connectivity index (χ1n) is 6.96. The maximum atomic E-state index is 12.4. The molecule has 0 aromatic heterocycles. The van der Waals surface area contributed by atoms with Crippen LogP contribution in [0.15, 0.2) is 57.9 Å². The molecule has 8 heteroatoms. The number of halogens is 1. The summed E-state index contributed by atoms with van der Waals surface area (Å²) in [5, 5.41) is 19.6. The molecule has 0 heterocycles. The van der Waals surface area contributed by atoms with Gasteiger partial charge in [-0.05, 0) is 36.8 Å². The van der Waals surface area contributed by atoms with Crippen LogP contribution in [0.1, 0.15) is 17.2 Å². The predicted octanol–water partition coefficient (Wildman–Crippen LogP) is 2.22. The lowest BCUT2D eigenvalue weighted by atomic mass is 10.0. The molecule has 0 radical (unpaired) electrons. The van der Waals surface area contributed by atoms with E-state index in [1.54, 1.807) is 31.2 Å². The number of sulfonamides is 1. The molecule has 6 nitrogen and oxygen atoms in total. The summed E-state index contributed by atoms with van der Waals surface area (Å²) < 4.78 is 27.5. The summed E-state index contributed by atoms with van der Waals surface area (Å²) in [5.74, 6) is -1.47. The normalized spacial score (nSPS) is 14.1. The van der Waals surface area contributed by atoms with Crippen LogP contribution in [0.4, 0.5) is 0 Å². The molecular weight excluding hydrogens is 398 g/mol. The topological polar surface area (TPSA) is 104 Å². The summed E-state index contributed by atoms with van der Waals surface area (Å²) >= 11 is 3.24. The number of hydrogen-bond acceptors (Lipinski definition) is 4. The highest BCUT2D eigenvalue weighted by Crippen LogP contribution is 2.21. The predicted molar refractivity (Wildman–Crippen MR) is 92.0 cm³/mol. The van der Waals surface area contributed by atoms with Crippen molar-refractivity contribution in [2.24, 2.45) is 0 Å². The quantitative estimate of drug-likeness (QED) is 0.673. The number of hydrogen-bond donors (Lipinski definition) is 3. The third kappa shape index (κ3) is 4.41. The lowest BCUT2D eigenvalue weighted by molar-refractivity contribution is -0.141. The third-order valence-electron chi connectivity index (χ3n) is 3.41. The van der Waals surface area contributed by atoms with Crippen molar-refractivity contribution in [3.63, 3.8) is 0 Å². The van der Waals surface area contributed by atoms with Crippen LogP contribution in [0.5, 0.6) is 0 Å². The fraction of sp³-hybridized carbons (Fsp3) is 0.188. The van der Waals surface area contributed by atoms with Crippen molar-refractivity contribution in [2.45, 2.75) is 24.0 Å². The van der Waals surface area contributed by atoms with Gasteiger partial charge in [-0.25, -0.2) is 8.42 Å². The van der Waals surface area contributed by atoms with Crippen LogP contribution in [-0.2, 0) is 14.8 Å². The standard InChI is InChI=1S/C16H16BrNO5S/c1-10-2-8-13(9-3-10)24(22,23)18-14(16(20)21)15(19)11-4-6-12(17)7-5-11/h2-9,14-15,18-19H,1H3,(H,20,21). The number of benzene rings is 2. The van der Waals surface area contributed by atoms with Gasteiger partial charge < -0.3 is 10.2 Å². The van der Waals surface area contributed by atoms with Crippen molar-refractivity contribution in [2.75, 3.05) is 0 Å². The van der Waals surface area contributed by atoms with Gasteiger partial charge in [0.2, 0.25) is 10.0 Å². The average molecular weight is 414 g/mol. The van der Waals surface area contributed by atoms with Crippen molar-refractivity contribution in [1.29, 1.82) is 0 Å². The minimum Gasteiger partial charge on any atom is -0.480 e.